The summed E-state index contributed by atoms with van der Waals surface area (Å²) in [4.78, 5) is 10.4. The van der Waals surface area contributed by atoms with Gasteiger partial charge in [-0.05, 0) is 19.9 Å². The molecule has 22 heavy (non-hydrogen) atoms. The molecule has 0 bridgehead atoms. The first-order chi connectivity index (χ1) is 10.1. The number of thiocarbonyl (C=S) groups is 1. The van der Waals surface area contributed by atoms with Gasteiger partial charge >= 0.3 is 6.09 Å². The molecule has 1 aliphatic heterocycles. The summed E-state index contributed by atoms with van der Waals surface area (Å²) in [7, 11) is 0. The van der Waals surface area contributed by atoms with Crippen LogP contribution in [0.3, 0.4) is 0 Å². The number of hydrogen-bond donors (Lipinski definition) is 3. The molecule has 2 rings (SSSR count). The highest BCUT2D eigenvalue weighted by atomic mass is 32.1. The summed E-state index contributed by atoms with van der Waals surface area (Å²) >= 11 is 4.90. The molecule has 8 heteroatoms. The Bertz CT molecular complexity index is 639. The highest BCUT2D eigenvalue weighted by Gasteiger charge is 2.50. The van der Waals surface area contributed by atoms with E-state index in [4.69, 9.17) is 17.3 Å². The number of benzene rings is 1. The molecular formula is C14H15F3N2O2S. The first-order valence-corrected chi connectivity index (χ1v) is 6.93. The highest BCUT2D eigenvalue weighted by molar-refractivity contribution is 7.80. The fraction of sp³-hybridized carbons (Fsp3) is 0.429. The lowest BCUT2D eigenvalue weighted by molar-refractivity contribution is 0.0858. The summed E-state index contributed by atoms with van der Waals surface area (Å²) in [6.45, 7) is 2.52. The first-order valence-electron chi connectivity index (χ1n) is 6.52. The molecule has 3 N–H and O–H groups in total. The van der Waals surface area contributed by atoms with Crippen LogP contribution >= 0.6 is 12.2 Å². The van der Waals surface area contributed by atoms with Gasteiger partial charge in [0, 0.05) is 12.0 Å². The van der Waals surface area contributed by atoms with Gasteiger partial charge in [0.1, 0.15) is 11.2 Å². The lowest BCUT2D eigenvalue weighted by Crippen LogP contribution is -2.61. The van der Waals surface area contributed by atoms with Gasteiger partial charge in [0.15, 0.2) is 11.5 Å². The quantitative estimate of drug-likeness (QED) is 0.725. The summed E-state index contributed by atoms with van der Waals surface area (Å²) in [6, 6.07) is 3.91. The van der Waals surface area contributed by atoms with Crippen molar-refractivity contribution in [2.75, 3.05) is 5.32 Å². The van der Waals surface area contributed by atoms with Crippen molar-refractivity contribution in [1.29, 1.82) is 0 Å². The lowest BCUT2D eigenvalue weighted by atomic mass is 9.78. The monoisotopic (exact) mass is 332 g/mol. The van der Waals surface area contributed by atoms with E-state index in [2.05, 4.69) is 5.32 Å². The van der Waals surface area contributed by atoms with Crippen LogP contribution in [0.4, 0.5) is 23.7 Å². The Morgan fingerprint density at radius 2 is 2.14 bits per heavy atom. The molecule has 0 unspecified atom stereocenters. The molecule has 1 heterocycles. The predicted octanol–water partition coefficient (Wildman–Crippen LogP) is 3.52. The van der Waals surface area contributed by atoms with E-state index in [1.807, 2.05) is 5.32 Å². The Morgan fingerprint density at radius 3 is 2.73 bits per heavy atom. The van der Waals surface area contributed by atoms with Gasteiger partial charge in [-0.1, -0.05) is 24.4 Å². The zero-order valence-corrected chi connectivity index (χ0v) is 12.7. The standard InChI is InChI=1S/C14H15F3N2O2S/c1-13(17)6-9(15)14(2,19-11(13)22)7-4-3-5-8(10(7)16)18-12(20)21/h3-5,9,18H,6H2,1-2H3,(H,19,22)(H,20,21)/t9-,13+,14+/m0/s1. The van der Waals surface area contributed by atoms with Gasteiger partial charge in [0.2, 0.25) is 0 Å². The van der Waals surface area contributed by atoms with Crippen LogP contribution in [0.2, 0.25) is 0 Å². The van der Waals surface area contributed by atoms with Crippen LogP contribution in [0.15, 0.2) is 18.2 Å². The molecule has 4 nitrogen and oxygen atoms in total. The number of halogens is 3. The molecule has 0 aromatic heterocycles. The van der Waals surface area contributed by atoms with Gasteiger partial charge in [0.25, 0.3) is 0 Å². The molecule has 1 fully saturated rings. The van der Waals surface area contributed by atoms with Crippen molar-refractivity contribution < 1.29 is 23.1 Å². The molecule has 1 amide bonds. The molecule has 1 saturated heterocycles. The Morgan fingerprint density at radius 1 is 1.50 bits per heavy atom. The van der Waals surface area contributed by atoms with Gasteiger partial charge in [-0.2, -0.15) is 0 Å². The topological polar surface area (TPSA) is 61.4 Å². The minimum atomic E-state index is -2.01. The van der Waals surface area contributed by atoms with Crippen molar-refractivity contribution in [2.24, 2.45) is 0 Å². The van der Waals surface area contributed by atoms with Gasteiger partial charge in [-0.25, -0.2) is 18.0 Å². The Labute approximate surface area is 130 Å². The molecule has 1 aliphatic rings. The van der Waals surface area contributed by atoms with Crippen LogP contribution in [0.1, 0.15) is 25.8 Å². The molecule has 0 aliphatic carbocycles. The number of nitrogens with one attached hydrogen (secondary N) is 2. The lowest BCUT2D eigenvalue weighted by Gasteiger charge is -2.44. The van der Waals surface area contributed by atoms with Crippen molar-refractivity contribution >= 4 is 29.0 Å². The Balaban J connectivity index is 2.46. The Hall–Kier alpha value is -1.83. The number of carbonyl (C=O) groups is 1. The second kappa shape index (κ2) is 5.42. The summed E-state index contributed by atoms with van der Waals surface area (Å²) in [6.07, 6.45) is -3.70. The molecule has 1 aromatic rings. The van der Waals surface area contributed by atoms with Crippen LogP contribution in [-0.2, 0) is 5.54 Å². The van der Waals surface area contributed by atoms with E-state index >= 15 is 0 Å². The number of alkyl halides is 2. The van der Waals surface area contributed by atoms with E-state index in [-0.39, 0.29) is 16.2 Å². The van der Waals surface area contributed by atoms with Crippen molar-refractivity contribution in [2.45, 2.75) is 37.6 Å². The minimum Gasteiger partial charge on any atom is -0.465 e. The third-order valence-corrected chi connectivity index (χ3v) is 4.36. The fourth-order valence-electron chi connectivity index (χ4n) is 2.46. The molecule has 1 aromatic carbocycles. The van der Waals surface area contributed by atoms with Crippen molar-refractivity contribution in [3.05, 3.63) is 29.6 Å². The molecule has 120 valence electrons. The van der Waals surface area contributed by atoms with Crippen molar-refractivity contribution in [3.8, 4) is 0 Å². The summed E-state index contributed by atoms with van der Waals surface area (Å²) in [5, 5.41) is 13.1. The molecule has 0 saturated carbocycles. The normalized spacial score (nSPS) is 31.5. The second-order valence-corrected chi connectivity index (χ2v) is 6.03. The van der Waals surface area contributed by atoms with Crippen LogP contribution in [-0.4, -0.2) is 28.0 Å². The van der Waals surface area contributed by atoms with Gasteiger partial charge in [0.05, 0.1) is 11.2 Å². The average Bonchev–Trinajstić information content (AvgIpc) is 2.38. The highest BCUT2D eigenvalue weighted by Crippen LogP contribution is 2.40. The maximum atomic E-state index is 14.5. The van der Waals surface area contributed by atoms with Gasteiger partial charge < -0.3 is 10.4 Å². The summed E-state index contributed by atoms with van der Waals surface area (Å²) < 4.78 is 43.1. The third kappa shape index (κ3) is 2.75. The molecule has 0 spiro atoms. The maximum Gasteiger partial charge on any atom is 0.409 e. The maximum absolute atomic E-state index is 14.5. The van der Waals surface area contributed by atoms with Crippen LogP contribution in [0.5, 0.6) is 0 Å². The van der Waals surface area contributed by atoms with Gasteiger partial charge in [-0.3, -0.25) is 5.32 Å². The number of anilines is 1. The van der Waals surface area contributed by atoms with E-state index < -0.39 is 35.7 Å². The largest absolute Gasteiger partial charge is 0.465 e. The Kier molecular flexibility index (Phi) is 4.08. The molecule has 3 atom stereocenters. The predicted molar refractivity (Wildman–Crippen MR) is 80.2 cm³/mol. The third-order valence-electron chi connectivity index (χ3n) is 3.84. The van der Waals surface area contributed by atoms with E-state index in [1.165, 1.54) is 25.1 Å². The molecular weight excluding hydrogens is 317 g/mol. The second-order valence-electron chi connectivity index (χ2n) is 5.62. The van der Waals surface area contributed by atoms with Crippen LogP contribution in [0, 0.1) is 5.82 Å². The number of amides is 1. The number of rotatable bonds is 2. The zero-order valence-electron chi connectivity index (χ0n) is 11.9. The SMILES string of the molecule is C[C@@]1(F)C[C@H](F)[C@@](C)(c2cccc(NC(=O)O)c2F)NC1=S. The average molecular weight is 332 g/mol. The van der Waals surface area contributed by atoms with E-state index in [0.717, 1.165) is 6.92 Å². The van der Waals surface area contributed by atoms with E-state index in [9.17, 15) is 18.0 Å². The summed E-state index contributed by atoms with van der Waals surface area (Å²) in [5.74, 6) is -0.923. The van der Waals surface area contributed by atoms with Crippen LogP contribution < -0.4 is 10.6 Å². The van der Waals surface area contributed by atoms with Crippen molar-refractivity contribution in [3.63, 3.8) is 0 Å². The molecule has 0 radical (unpaired) electrons. The number of piperidine rings is 1. The zero-order chi connectivity index (χ0) is 16.7. The smallest absolute Gasteiger partial charge is 0.409 e. The van der Waals surface area contributed by atoms with Gasteiger partial charge in [-0.15, -0.1) is 0 Å². The minimum absolute atomic E-state index is 0.121. The number of carboxylic acid groups (broad SMARTS) is 1. The first kappa shape index (κ1) is 16.5. The fourth-order valence-corrected chi connectivity index (χ4v) is 2.75. The summed E-state index contributed by atoms with van der Waals surface area (Å²) in [5.41, 5.74) is -4.02. The van der Waals surface area contributed by atoms with E-state index in [1.54, 1.807) is 0 Å². The van der Waals surface area contributed by atoms with Crippen LogP contribution in [0.25, 0.3) is 0 Å². The number of hydrogen-bond acceptors (Lipinski definition) is 2. The van der Waals surface area contributed by atoms with Crippen molar-refractivity contribution in [1.82, 2.24) is 5.32 Å². The van der Waals surface area contributed by atoms with E-state index in [0.29, 0.717) is 0 Å².